The van der Waals surface area contributed by atoms with Gasteiger partial charge in [0.15, 0.2) is 0 Å². The minimum absolute atomic E-state index is 0.0910. The molecule has 0 radical (unpaired) electrons. The van der Waals surface area contributed by atoms with Gasteiger partial charge in [0.05, 0.1) is 0 Å². The zero-order chi connectivity index (χ0) is 23.2. The van der Waals surface area contributed by atoms with Crippen molar-refractivity contribution in [1.82, 2.24) is 23.6 Å². The highest BCUT2D eigenvalue weighted by Crippen LogP contribution is 2.36. The van der Waals surface area contributed by atoms with Crippen molar-refractivity contribution in [2.75, 3.05) is 38.7 Å². The zero-order valence-corrected chi connectivity index (χ0v) is 21.0. The number of rotatable bonds is 5. The summed E-state index contributed by atoms with van der Waals surface area (Å²) in [5.41, 5.74) is 1.63. The second-order valence-corrected chi connectivity index (χ2v) is 10.5. The maximum Gasteiger partial charge on any atom is 0.255 e. The Kier molecular flexibility index (Phi) is 8.62. The summed E-state index contributed by atoms with van der Waals surface area (Å²) in [5, 5.41) is 4.45. The molecule has 2 aromatic heterocycles. The van der Waals surface area contributed by atoms with E-state index in [4.69, 9.17) is 9.72 Å². The largest absolute Gasteiger partial charge is 0.381 e. The van der Waals surface area contributed by atoms with Gasteiger partial charge in [-0.3, -0.25) is 14.1 Å². The van der Waals surface area contributed by atoms with Crippen molar-refractivity contribution in [2.45, 2.75) is 70.9 Å². The van der Waals surface area contributed by atoms with Crippen LogP contribution in [-0.2, 0) is 4.74 Å². The summed E-state index contributed by atoms with van der Waals surface area (Å²) in [5.74, 6) is 1.14. The number of anilines is 1. The summed E-state index contributed by atoms with van der Waals surface area (Å²) in [6.07, 6.45) is 9.92. The smallest absolute Gasteiger partial charge is 0.255 e. The standard InChI is InChI=1S/C20H30N6OS.C4H8O/c1-13-5-4-6-17(13)26-18-15(11-14(2)19(26)27)12-22-20(24-18)23-16-7-9-25(10-8-16)28-21-3;1-2-4-5-3-1/h11-13,16-17,21H,4-10H2,1-3H3,(H,22,23,24);1-4H2. The van der Waals surface area contributed by atoms with Crippen LogP contribution in [0.1, 0.15) is 63.5 Å². The molecule has 2 N–H and O–H groups in total. The molecule has 3 fully saturated rings. The van der Waals surface area contributed by atoms with E-state index in [-0.39, 0.29) is 11.6 Å². The average molecular weight is 475 g/mol. The molecule has 0 bridgehead atoms. The highest BCUT2D eigenvalue weighted by molar-refractivity contribution is 7.95. The molecule has 3 aliphatic rings. The third-order valence-electron chi connectivity index (χ3n) is 6.93. The average Bonchev–Trinajstić information content (AvgIpc) is 3.52. The van der Waals surface area contributed by atoms with Crippen LogP contribution in [-0.4, -0.2) is 58.2 Å². The molecule has 1 saturated carbocycles. The SMILES string of the molecule is C1CCOC1.CNSN1CCC(Nc2ncc3cc(C)c(=O)n(C4CCCC4C)c3n2)CC1. The molecule has 33 heavy (non-hydrogen) atoms. The summed E-state index contributed by atoms with van der Waals surface area (Å²) >= 11 is 1.67. The van der Waals surface area contributed by atoms with Gasteiger partial charge in [-0.2, -0.15) is 4.98 Å². The minimum Gasteiger partial charge on any atom is -0.381 e. The Morgan fingerprint density at radius 1 is 1.12 bits per heavy atom. The molecule has 4 heterocycles. The lowest BCUT2D eigenvalue weighted by Crippen LogP contribution is -2.37. The molecule has 2 aromatic rings. The molecular weight excluding hydrogens is 436 g/mol. The Morgan fingerprint density at radius 2 is 1.88 bits per heavy atom. The van der Waals surface area contributed by atoms with Gasteiger partial charge in [-0.15, -0.1) is 0 Å². The summed E-state index contributed by atoms with van der Waals surface area (Å²) < 4.78 is 12.4. The first-order valence-corrected chi connectivity index (χ1v) is 13.2. The van der Waals surface area contributed by atoms with E-state index < -0.39 is 0 Å². The maximum atomic E-state index is 13.0. The van der Waals surface area contributed by atoms with Gasteiger partial charge < -0.3 is 10.1 Å². The molecule has 182 valence electrons. The molecule has 9 heteroatoms. The van der Waals surface area contributed by atoms with E-state index in [1.54, 1.807) is 12.1 Å². The van der Waals surface area contributed by atoms with Crippen molar-refractivity contribution < 1.29 is 4.74 Å². The zero-order valence-electron chi connectivity index (χ0n) is 20.2. The van der Waals surface area contributed by atoms with E-state index >= 15 is 0 Å². The predicted octanol–water partition coefficient (Wildman–Crippen LogP) is 3.92. The number of fused-ring (bicyclic) bond motifs is 1. The fourth-order valence-electron chi connectivity index (χ4n) is 5.06. The third kappa shape index (κ3) is 6.07. The van der Waals surface area contributed by atoms with Gasteiger partial charge in [0, 0.05) is 67.7 Å². The van der Waals surface area contributed by atoms with Crippen LogP contribution < -0.4 is 15.6 Å². The van der Waals surface area contributed by atoms with Crippen LogP contribution in [0.15, 0.2) is 17.1 Å². The van der Waals surface area contributed by atoms with Crippen LogP contribution in [0, 0.1) is 12.8 Å². The van der Waals surface area contributed by atoms with Crippen LogP contribution in [0.4, 0.5) is 5.95 Å². The van der Waals surface area contributed by atoms with Crippen molar-refractivity contribution in [3.05, 3.63) is 28.2 Å². The van der Waals surface area contributed by atoms with Crippen molar-refractivity contribution >= 4 is 29.1 Å². The first-order valence-electron chi connectivity index (χ1n) is 12.4. The van der Waals surface area contributed by atoms with E-state index in [1.807, 2.05) is 30.8 Å². The second kappa shape index (κ2) is 11.6. The number of nitrogens with zero attached hydrogens (tertiary/aromatic N) is 4. The van der Waals surface area contributed by atoms with Crippen LogP contribution in [0.5, 0.6) is 0 Å². The number of pyridine rings is 1. The normalized spacial score (nSPS) is 24.1. The molecule has 5 rings (SSSR count). The van der Waals surface area contributed by atoms with Gasteiger partial charge in [0.2, 0.25) is 5.95 Å². The highest BCUT2D eigenvalue weighted by atomic mass is 32.2. The third-order valence-corrected chi connectivity index (χ3v) is 7.74. The number of ether oxygens (including phenoxy) is 1. The number of aromatic nitrogens is 3. The summed E-state index contributed by atoms with van der Waals surface area (Å²) in [6, 6.07) is 2.52. The monoisotopic (exact) mass is 474 g/mol. The van der Waals surface area contributed by atoms with E-state index in [0.717, 1.165) is 62.2 Å². The minimum atomic E-state index is 0.0910. The molecule has 2 aliphatic heterocycles. The number of aryl methyl sites for hydroxylation is 1. The number of nitrogens with one attached hydrogen (secondary N) is 2. The van der Waals surface area contributed by atoms with Gasteiger partial charge in [-0.25, -0.2) is 9.29 Å². The first kappa shape index (κ1) is 24.4. The Hall–Kier alpha value is -1.68. The molecule has 8 nitrogen and oxygen atoms in total. The molecule has 0 aromatic carbocycles. The van der Waals surface area contributed by atoms with Crippen molar-refractivity contribution in [2.24, 2.45) is 5.92 Å². The summed E-state index contributed by atoms with van der Waals surface area (Å²) in [7, 11) is 1.95. The molecule has 0 spiro atoms. The lowest BCUT2D eigenvalue weighted by atomic mass is 10.1. The van der Waals surface area contributed by atoms with E-state index in [2.05, 4.69) is 26.3 Å². The highest BCUT2D eigenvalue weighted by Gasteiger charge is 2.28. The van der Waals surface area contributed by atoms with Gasteiger partial charge in [-0.1, -0.05) is 13.3 Å². The number of hydrogen-bond donors (Lipinski definition) is 2. The van der Waals surface area contributed by atoms with Crippen molar-refractivity contribution in [3.63, 3.8) is 0 Å². The predicted molar refractivity (Wildman–Crippen MR) is 136 cm³/mol. The molecule has 1 aliphatic carbocycles. The van der Waals surface area contributed by atoms with Gasteiger partial charge >= 0.3 is 0 Å². The Labute approximate surface area is 201 Å². The van der Waals surface area contributed by atoms with Crippen molar-refractivity contribution in [3.8, 4) is 0 Å². The Bertz CT molecular complexity index is 964. The van der Waals surface area contributed by atoms with Crippen molar-refractivity contribution in [1.29, 1.82) is 0 Å². The topological polar surface area (TPSA) is 84.3 Å². The maximum absolute atomic E-state index is 13.0. The van der Waals surface area contributed by atoms with Gasteiger partial charge in [-0.05, 0) is 64.5 Å². The van der Waals surface area contributed by atoms with Crippen LogP contribution in [0.25, 0.3) is 11.0 Å². The Balaban J connectivity index is 0.000000459. The first-order chi connectivity index (χ1) is 16.1. The molecule has 2 saturated heterocycles. The fourth-order valence-corrected chi connectivity index (χ4v) is 5.71. The molecule has 2 unspecified atom stereocenters. The molecular formula is C24H38N6O2S. The lowest BCUT2D eigenvalue weighted by Gasteiger charge is -2.30. The van der Waals surface area contributed by atoms with E-state index in [1.165, 1.54) is 25.7 Å². The van der Waals surface area contributed by atoms with Gasteiger partial charge in [0.25, 0.3) is 5.56 Å². The molecule has 0 amide bonds. The van der Waals surface area contributed by atoms with Crippen LogP contribution in [0.3, 0.4) is 0 Å². The summed E-state index contributed by atoms with van der Waals surface area (Å²) in [4.78, 5) is 22.3. The van der Waals surface area contributed by atoms with E-state index in [0.29, 0.717) is 17.9 Å². The van der Waals surface area contributed by atoms with Crippen LogP contribution >= 0.6 is 12.1 Å². The van der Waals surface area contributed by atoms with E-state index in [9.17, 15) is 4.79 Å². The quantitative estimate of drug-likeness (QED) is 0.631. The Morgan fingerprint density at radius 3 is 2.48 bits per heavy atom. The second-order valence-electron chi connectivity index (χ2n) is 9.41. The fraction of sp³-hybridized carbons (Fsp3) is 0.708. The summed E-state index contributed by atoms with van der Waals surface area (Å²) in [6.45, 7) is 8.19. The van der Waals surface area contributed by atoms with Gasteiger partial charge in [0.1, 0.15) is 5.65 Å². The number of hydrogen-bond acceptors (Lipinski definition) is 8. The molecule has 2 atom stereocenters. The van der Waals surface area contributed by atoms with Crippen LogP contribution in [0.2, 0.25) is 0 Å². The number of piperidine rings is 1. The lowest BCUT2D eigenvalue weighted by molar-refractivity contribution is 0.198.